The first-order valence-electron chi connectivity index (χ1n) is 6.90. The number of hydrogen-bond acceptors (Lipinski definition) is 3. The molecule has 2 N–H and O–H groups in total. The molecule has 22 heavy (non-hydrogen) atoms. The number of hydrogen-bond donors (Lipinski definition) is 2. The Kier molecular flexibility index (Phi) is 5.08. The Hall–Kier alpha value is -2.89. The summed E-state index contributed by atoms with van der Waals surface area (Å²) in [5.41, 5.74) is 2.38. The molecule has 0 unspecified atom stereocenters. The van der Waals surface area contributed by atoms with Gasteiger partial charge >= 0.3 is 6.03 Å². The van der Waals surface area contributed by atoms with Gasteiger partial charge in [-0.25, -0.2) is 4.79 Å². The molecule has 0 aromatic heterocycles. The van der Waals surface area contributed by atoms with Crippen LogP contribution in [0.4, 0.5) is 16.2 Å². The van der Waals surface area contributed by atoms with Crippen LogP contribution in [0.15, 0.2) is 48.5 Å². The standard InChI is InChI=1S/C16H17N3O3/c1-12-6-2-3-7-13(12)10-11-17-16(20)18-14-8-4-5-9-15(14)19(21)22/h2-9H,10-11H2,1H3,(H2,17,18,20). The van der Waals surface area contributed by atoms with Crippen LogP contribution < -0.4 is 10.6 Å². The highest BCUT2D eigenvalue weighted by Gasteiger charge is 2.14. The van der Waals surface area contributed by atoms with E-state index < -0.39 is 11.0 Å². The van der Waals surface area contributed by atoms with Gasteiger partial charge in [0, 0.05) is 12.6 Å². The minimum atomic E-state index is -0.525. The van der Waals surface area contributed by atoms with Crippen LogP contribution in [0.3, 0.4) is 0 Å². The van der Waals surface area contributed by atoms with Gasteiger partial charge in [0.1, 0.15) is 5.69 Å². The molecule has 2 rings (SSSR count). The summed E-state index contributed by atoms with van der Waals surface area (Å²) in [5, 5.41) is 16.1. The Balaban J connectivity index is 1.89. The third-order valence-electron chi connectivity index (χ3n) is 3.29. The highest BCUT2D eigenvalue weighted by Crippen LogP contribution is 2.22. The fourth-order valence-corrected chi connectivity index (χ4v) is 2.11. The maximum atomic E-state index is 11.8. The topological polar surface area (TPSA) is 84.3 Å². The van der Waals surface area contributed by atoms with Gasteiger partial charge in [0.25, 0.3) is 5.69 Å². The zero-order valence-electron chi connectivity index (χ0n) is 12.2. The van der Waals surface area contributed by atoms with Crippen LogP contribution in [0, 0.1) is 17.0 Å². The molecule has 6 nitrogen and oxygen atoms in total. The van der Waals surface area contributed by atoms with Crippen molar-refractivity contribution < 1.29 is 9.72 Å². The first-order valence-corrected chi connectivity index (χ1v) is 6.90. The second kappa shape index (κ2) is 7.21. The molecule has 6 heteroatoms. The maximum Gasteiger partial charge on any atom is 0.319 e. The van der Waals surface area contributed by atoms with E-state index in [2.05, 4.69) is 10.6 Å². The number of para-hydroxylation sites is 2. The number of nitrogens with one attached hydrogen (secondary N) is 2. The van der Waals surface area contributed by atoms with Crippen molar-refractivity contribution in [2.75, 3.05) is 11.9 Å². The van der Waals surface area contributed by atoms with E-state index in [1.807, 2.05) is 31.2 Å². The Morgan fingerprint density at radius 2 is 1.82 bits per heavy atom. The molecule has 0 fully saturated rings. The van der Waals surface area contributed by atoms with Gasteiger partial charge in [-0.2, -0.15) is 0 Å². The summed E-state index contributed by atoms with van der Waals surface area (Å²) in [4.78, 5) is 22.2. The van der Waals surface area contributed by atoms with Crippen molar-refractivity contribution in [1.29, 1.82) is 0 Å². The Morgan fingerprint density at radius 3 is 2.55 bits per heavy atom. The second-order valence-electron chi connectivity index (χ2n) is 4.83. The summed E-state index contributed by atoms with van der Waals surface area (Å²) in [6.45, 7) is 2.47. The predicted octanol–water partition coefficient (Wildman–Crippen LogP) is 3.27. The number of benzene rings is 2. The maximum absolute atomic E-state index is 11.8. The largest absolute Gasteiger partial charge is 0.338 e. The van der Waals surface area contributed by atoms with Crippen molar-refractivity contribution in [3.63, 3.8) is 0 Å². The van der Waals surface area contributed by atoms with Crippen molar-refractivity contribution in [3.8, 4) is 0 Å². The Bertz CT molecular complexity index is 686. The van der Waals surface area contributed by atoms with Gasteiger partial charge in [-0.3, -0.25) is 10.1 Å². The lowest BCUT2D eigenvalue weighted by Gasteiger charge is -2.09. The van der Waals surface area contributed by atoms with E-state index in [-0.39, 0.29) is 11.4 Å². The van der Waals surface area contributed by atoms with Crippen LogP contribution in [0.2, 0.25) is 0 Å². The molecule has 2 aromatic carbocycles. The summed E-state index contributed by atoms with van der Waals surface area (Å²) in [5.74, 6) is 0. The number of carbonyl (C=O) groups excluding carboxylic acids is 1. The summed E-state index contributed by atoms with van der Waals surface area (Å²) < 4.78 is 0. The molecule has 0 aliphatic rings. The molecule has 0 aliphatic heterocycles. The zero-order chi connectivity index (χ0) is 15.9. The molecule has 2 amide bonds. The summed E-state index contributed by atoms with van der Waals surface area (Å²) >= 11 is 0. The third kappa shape index (κ3) is 4.05. The molecule has 0 spiro atoms. The molecular formula is C16H17N3O3. The highest BCUT2D eigenvalue weighted by molar-refractivity contribution is 5.91. The van der Waals surface area contributed by atoms with Gasteiger partial charge in [0.05, 0.1) is 4.92 Å². The van der Waals surface area contributed by atoms with Crippen LogP contribution in [0.5, 0.6) is 0 Å². The molecule has 0 radical (unpaired) electrons. The van der Waals surface area contributed by atoms with Gasteiger partial charge in [-0.1, -0.05) is 36.4 Å². The van der Waals surface area contributed by atoms with E-state index in [0.717, 1.165) is 5.56 Å². The van der Waals surface area contributed by atoms with Gasteiger partial charge < -0.3 is 10.6 Å². The van der Waals surface area contributed by atoms with E-state index in [0.29, 0.717) is 13.0 Å². The number of amides is 2. The minimum absolute atomic E-state index is 0.128. The number of anilines is 1. The summed E-state index contributed by atoms with van der Waals surface area (Å²) in [6, 6.07) is 13.5. The van der Waals surface area contributed by atoms with Crippen LogP contribution >= 0.6 is 0 Å². The average Bonchev–Trinajstić information content (AvgIpc) is 2.49. The van der Waals surface area contributed by atoms with E-state index in [1.165, 1.54) is 17.7 Å². The summed E-state index contributed by atoms with van der Waals surface area (Å²) in [7, 11) is 0. The highest BCUT2D eigenvalue weighted by atomic mass is 16.6. The molecular weight excluding hydrogens is 282 g/mol. The number of urea groups is 1. The molecule has 0 saturated heterocycles. The number of nitro groups is 1. The van der Waals surface area contributed by atoms with Gasteiger partial charge in [-0.15, -0.1) is 0 Å². The number of carbonyl (C=O) groups is 1. The molecule has 0 atom stereocenters. The van der Waals surface area contributed by atoms with Crippen molar-refractivity contribution in [3.05, 3.63) is 69.8 Å². The average molecular weight is 299 g/mol. The lowest BCUT2D eigenvalue weighted by molar-refractivity contribution is -0.383. The van der Waals surface area contributed by atoms with Crippen molar-refractivity contribution in [2.24, 2.45) is 0 Å². The normalized spacial score (nSPS) is 10.0. The minimum Gasteiger partial charge on any atom is -0.338 e. The molecule has 0 saturated carbocycles. The second-order valence-corrected chi connectivity index (χ2v) is 4.83. The van der Waals surface area contributed by atoms with Crippen LogP contribution in [0.25, 0.3) is 0 Å². The summed E-state index contributed by atoms with van der Waals surface area (Å²) in [6.07, 6.45) is 0.705. The lowest BCUT2D eigenvalue weighted by Crippen LogP contribution is -2.30. The van der Waals surface area contributed by atoms with E-state index in [1.54, 1.807) is 12.1 Å². The SMILES string of the molecule is Cc1ccccc1CCNC(=O)Nc1ccccc1[N+](=O)[O-]. The smallest absolute Gasteiger partial charge is 0.319 e. The van der Waals surface area contributed by atoms with Gasteiger partial charge in [0.2, 0.25) is 0 Å². The third-order valence-corrected chi connectivity index (χ3v) is 3.29. The molecule has 114 valence electrons. The van der Waals surface area contributed by atoms with Crippen LogP contribution in [0.1, 0.15) is 11.1 Å². The fourth-order valence-electron chi connectivity index (χ4n) is 2.11. The van der Waals surface area contributed by atoms with Gasteiger partial charge in [-0.05, 0) is 30.5 Å². The number of aryl methyl sites for hydroxylation is 1. The lowest BCUT2D eigenvalue weighted by atomic mass is 10.1. The van der Waals surface area contributed by atoms with Crippen molar-refractivity contribution in [1.82, 2.24) is 5.32 Å². The number of nitro benzene ring substituents is 1. The van der Waals surface area contributed by atoms with E-state index >= 15 is 0 Å². The number of rotatable bonds is 5. The van der Waals surface area contributed by atoms with Gasteiger partial charge in [0.15, 0.2) is 0 Å². The Morgan fingerprint density at radius 1 is 1.14 bits per heavy atom. The first-order chi connectivity index (χ1) is 10.6. The van der Waals surface area contributed by atoms with Crippen molar-refractivity contribution in [2.45, 2.75) is 13.3 Å². The van der Waals surface area contributed by atoms with Crippen molar-refractivity contribution >= 4 is 17.4 Å². The predicted molar refractivity (Wildman–Crippen MR) is 85.0 cm³/mol. The fraction of sp³-hybridized carbons (Fsp3) is 0.188. The van der Waals surface area contributed by atoms with E-state index in [4.69, 9.17) is 0 Å². The van der Waals surface area contributed by atoms with Crippen LogP contribution in [-0.2, 0) is 6.42 Å². The molecule has 0 heterocycles. The van der Waals surface area contributed by atoms with Crippen LogP contribution in [-0.4, -0.2) is 17.5 Å². The molecule has 0 aliphatic carbocycles. The monoisotopic (exact) mass is 299 g/mol. The molecule has 2 aromatic rings. The molecule has 0 bridgehead atoms. The Labute approximate surface area is 128 Å². The van der Waals surface area contributed by atoms with E-state index in [9.17, 15) is 14.9 Å². The number of nitrogens with zero attached hydrogens (tertiary/aromatic N) is 1. The quantitative estimate of drug-likeness (QED) is 0.656. The first kappa shape index (κ1) is 15.5. The zero-order valence-corrected chi connectivity index (χ0v) is 12.2.